The van der Waals surface area contributed by atoms with E-state index >= 15 is 0 Å². The maximum Gasteiger partial charge on any atom is 0.226 e. The topological polar surface area (TPSA) is 20.3 Å². The average molecular weight is 153 g/mol. The fourth-order valence-electron chi connectivity index (χ4n) is 1.88. The van der Waals surface area contributed by atoms with Crippen LogP contribution in [0.4, 0.5) is 0 Å². The van der Waals surface area contributed by atoms with Gasteiger partial charge in [0.15, 0.2) is 0 Å². The van der Waals surface area contributed by atoms with Gasteiger partial charge in [0, 0.05) is 18.0 Å². The van der Waals surface area contributed by atoms with Crippen molar-refractivity contribution in [2.45, 2.75) is 32.7 Å². The minimum Gasteiger partial charge on any atom is -0.337 e. The molecule has 0 N–H and O–H groups in total. The van der Waals surface area contributed by atoms with Crippen LogP contribution in [-0.2, 0) is 4.79 Å². The van der Waals surface area contributed by atoms with Gasteiger partial charge in [-0.15, -0.1) is 0 Å². The molecule has 1 saturated carbocycles. The van der Waals surface area contributed by atoms with Gasteiger partial charge in [-0.25, -0.2) is 0 Å². The Kier molecular flexibility index (Phi) is 1.16. The van der Waals surface area contributed by atoms with Gasteiger partial charge in [0.2, 0.25) is 5.91 Å². The molecule has 62 valence electrons. The quantitative estimate of drug-likeness (QED) is 0.513. The molecule has 2 atom stereocenters. The van der Waals surface area contributed by atoms with Crippen LogP contribution >= 0.6 is 0 Å². The average Bonchev–Trinajstić information content (AvgIpc) is 2.52. The number of rotatable bonds is 0. The van der Waals surface area contributed by atoms with Crippen LogP contribution in [0.2, 0.25) is 0 Å². The number of likely N-dealkylation sites (tertiary alicyclic amines) is 1. The summed E-state index contributed by atoms with van der Waals surface area (Å²) in [7, 11) is 0. The molecular formula is C9H15NO. The fraction of sp³-hybridized carbons (Fsp3) is 0.889. The Labute approximate surface area is 67.6 Å². The van der Waals surface area contributed by atoms with Gasteiger partial charge in [-0.1, -0.05) is 0 Å². The van der Waals surface area contributed by atoms with E-state index in [4.69, 9.17) is 0 Å². The summed E-state index contributed by atoms with van der Waals surface area (Å²) in [6.45, 7) is 7.33. The van der Waals surface area contributed by atoms with Crippen LogP contribution in [0.3, 0.4) is 0 Å². The molecule has 1 amide bonds. The highest BCUT2D eigenvalue weighted by Gasteiger charge is 2.54. The van der Waals surface area contributed by atoms with E-state index < -0.39 is 0 Å². The minimum absolute atomic E-state index is 0.0461. The van der Waals surface area contributed by atoms with Crippen LogP contribution in [-0.4, -0.2) is 22.9 Å². The summed E-state index contributed by atoms with van der Waals surface area (Å²) < 4.78 is 0. The van der Waals surface area contributed by atoms with E-state index in [1.54, 1.807) is 0 Å². The third kappa shape index (κ3) is 0.959. The number of piperidine rings is 1. The summed E-state index contributed by atoms with van der Waals surface area (Å²) in [4.78, 5) is 13.5. The molecule has 0 aromatic carbocycles. The molecule has 1 heterocycles. The van der Waals surface area contributed by atoms with E-state index in [1.807, 2.05) is 4.90 Å². The van der Waals surface area contributed by atoms with Crippen LogP contribution in [0.15, 0.2) is 0 Å². The lowest BCUT2D eigenvalue weighted by Gasteiger charge is -2.33. The maximum atomic E-state index is 11.5. The number of hydrogen-bond donors (Lipinski definition) is 0. The zero-order valence-corrected chi connectivity index (χ0v) is 7.42. The zero-order chi connectivity index (χ0) is 8.22. The van der Waals surface area contributed by atoms with Crippen LogP contribution in [0.1, 0.15) is 27.2 Å². The fourth-order valence-corrected chi connectivity index (χ4v) is 1.88. The first-order chi connectivity index (χ1) is 5.00. The van der Waals surface area contributed by atoms with Gasteiger partial charge in [0.05, 0.1) is 0 Å². The molecule has 0 aromatic heterocycles. The minimum atomic E-state index is 0.0461. The summed E-state index contributed by atoms with van der Waals surface area (Å²) in [5.41, 5.74) is 0.0461. The number of carbonyl (C=O) groups is 1. The molecule has 1 aliphatic heterocycles. The molecule has 0 bridgehead atoms. The molecule has 11 heavy (non-hydrogen) atoms. The van der Waals surface area contributed by atoms with E-state index in [0.717, 1.165) is 13.0 Å². The summed E-state index contributed by atoms with van der Waals surface area (Å²) in [5, 5.41) is 0. The molecule has 1 saturated heterocycles. The van der Waals surface area contributed by atoms with Gasteiger partial charge in [-0.05, 0) is 33.1 Å². The van der Waals surface area contributed by atoms with E-state index in [0.29, 0.717) is 17.7 Å². The predicted octanol–water partition coefficient (Wildman–Crippen LogP) is 1.26. The zero-order valence-electron chi connectivity index (χ0n) is 7.42. The number of amides is 1. The molecule has 2 heteroatoms. The molecule has 0 unspecified atom stereocenters. The Morgan fingerprint density at radius 2 is 2.09 bits per heavy atom. The van der Waals surface area contributed by atoms with Crippen molar-refractivity contribution in [3.05, 3.63) is 0 Å². The highest BCUT2D eigenvalue weighted by atomic mass is 16.2. The lowest BCUT2D eigenvalue weighted by atomic mass is 10.1. The second-order valence-corrected chi connectivity index (χ2v) is 4.72. The molecule has 2 fully saturated rings. The van der Waals surface area contributed by atoms with Crippen LogP contribution in [0.5, 0.6) is 0 Å². The Hall–Kier alpha value is -0.530. The number of carbonyl (C=O) groups excluding carboxylic acids is 1. The third-order valence-electron chi connectivity index (χ3n) is 2.73. The van der Waals surface area contributed by atoms with Crippen LogP contribution in [0, 0.1) is 11.8 Å². The van der Waals surface area contributed by atoms with E-state index in [2.05, 4.69) is 20.8 Å². The Morgan fingerprint density at radius 1 is 1.45 bits per heavy atom. The van der Waals surface area contributed by atoms with Crippen molar-refractivity contribution < 1.29 is 4.79 Å². The van der Waals surface area contributed by atoms with Crippen LogP contribution < -0.4 is 0 Å². The van der Waals surface area contributed by atoms with Crippen molar-refractivity contribution in [1.82, 2.24) is 4.90 Å². The normalized spacial score (nSPS) is 35.9. The highest BCUT2D eigenvalue weighted by Crippen LogP contribution is 2.47. The van der Waals surface area contributed by atoms with Gasteiger partial charge in [-0.3, -0.25) is 4.79 Å². The third-order valence-corrected chi connectivity index (χ3v) is 2.73. The van der Waals surface area contributed by atoms with E-state index in [9.17, 15) is 4.79 Å². The SMILES string of the molecule is CC(C)(C)N1C[C@@H]2C[C@@H]2C1=O. The monoisotopic (exact) mass is 153 g/mol. The van der Waals surface area contributed by atoms with Gasteiger partial charge >= 0.3 is 0 Å². The molecule has 1 aliphatic carbocycles. The van der Waals surface area contributed by atoms with Crippen molar-refractivity contribution in [2.24, 2.45) is 11.8 Å². The largest absolute Gasteiger partial charge is 0.337 e. The van der Waals surface area contributed by atoms with E-state index in [1.165, 1.54) is 0 Å². The molecule has 0 radical (unpaired) electrons. The summed E-state index contributed by atoms with van der Waals surface area (Å²) in [6, 6.07) is 0. The first kappa shape index (κ1) is 7.14. The highest BCUT2D eigenvalue weighted by molar-refractivity contribution is 5.85. The standard InChI is InChI=1S/C9H15NO/c1-9(2,3)10-5-6-4-7(6)8(10)11/h6-7H,4-5H2,1-3H3/t6-,7-/m0/s1. The van der Waals surface area contributed by atoms with Crippen molar-refractivity contribution in [3.63, 3.8) is 0 Å². The Balaban J connectivity index is 2.13. The Bertz CT molecular complexity index is 204. The first-order valence-electron chi connectivity index (χ1n) is 4.31. The van der Waals surface area contributed by atoms with Gasteiger partial charge < -0.3 is 4.90 Å². The molecule has 2 rings (SSSR count). The van der Waals surface area contributed by atoms with E-state index in [-0.39, 0.29) is 5.54 Å². The first-order valence-corrected chi connectivity index (χ1v) is 4.31. The second-order valence-electron chi connectivity index (χ2n) is 4.72. The van der Waals surface area contributed by atoms with Gasteiger partial charge in [-0.2, -0.15) is 0 Å². The lowest BCUT2D eigenvalue weighted by molar-refractivity contribution is -0.134. The number of nitrogens with zero attached hydrogens (tertiary/aromatic N) is 1. The predicted molar refractivity (Wildman–Crippen MR) is 43.1 cm³/mol. The van der Waals surface area contributed by atoms with Gasteiger partial charge in [0.25, 0.3) is 0 Å². The number of hydrogen-bond acceptors (Lipinski definition) is 1. The Morgan fingerprint density at radius 3 is 2.36 bits per heavy atom. The second kappa shape index (κ2) is 1.79. The van der Waals surface area contributed by atoms with Crippen molar-refractivity contribution >= 4 is 5.91 Å². The smallest absolute Gasteiger partial charge is 0.226 e. The summed E-state index contributed by atoms with van der Waals surface area (Å²) >= 11 is 0. The van der Waals surface area contributed by atoms with Crippen molar-refractivity contribution in [2.75, 3.05) is 6.54 Å². The lowest BCUT2D eigenvalue weighted by Crippen LogP contribution is -2.43. The molecule has 2 aliphatic rings. The molecular weight excluding hydrogens is 138 g/mol. The summed E-state index contributed by atoms with van der Waals surface area (Å²) in [6.07, 6.45) is 1.16. The van der Waals surface area contributed by atoms with Crippen molar-refractivity contribution in [1.29, 1.82) is 0 Å². The summed E-state index contributed by atoms with van der Waals surface area (Å²) in [5.74, 6) is 1.51. The maximum absolute atomic E-state index is 11.5. The van der Waals surface area contributed by atoms with Gasteiger partial charge in [0.1, 0.15) is 0 Å². The molecule has 0 spiro atoms. The molecule has 2 nitrogen and oxygen atoms in total. The number of fused-ring (bicyclic) bond motifs is 1. The molecule has 0 aromatic rings. The van der Waals surface area contributed by atoms with Crippen LogP contribution in [0.25, 0.3) is 0 Å². The van der Waals surface area contributed by atoms with Crippen molar-refractivity contribution in [3.8, 4) is 0 Å².